The van der Waals surface area contributed by atoms with Gasteiger partial charge < -0.3 is 10.1 Å². The molecule has 0 unspecified atom stereocenters. The molecule has 0 saturated heterocycles. The second kappa shape index (κ2) is 5.46. The summed E-state index contributed by atoms with van der Waals surface area (Å²) in [5.74, 6) is -0.103. The van der Waals surface area contributed by atoms with Crippen LogP contribution in [0.25, 0.3) is 0 Å². The van der Waals surface area contributed by atoms with Crippen LogP contribution in [0, 0.1) is 5.82 Å². The molecule has 3 nitrogen and oxygen atoms in total. The number of hydrogen-bond acceptors (Lipinski definition) is 3. The van der Waals surface area contributed by atoms with Crippen LogP contribution in [0.2, 0.25) is 0 Å². The first-order chi connectivity index (χ1) is 7.13. The second-order valence-corrected chi connectivity index (χ2v) is 3.27. The lowest BCUT2D eigenvalue weighted by Crippen LogP contribution is -2.20. The van der Waals surface area contributed by atoms with E-state index in [0.717, 1.165) is 5.56 Å². The molecule has 1 aromatic rings. The van der Waals surface area contributed by atoms with Crippen LogP contribution in [0.5, 0.6) is 5.75 Å². The molecular weight excluding hydrogens is 197 g/mol. The number of nitrogens with one attached hydrogen (secondary N) is 1. The third-order valence-electron chi connectivity index (χ3n) is 1.92. The second-order valence-electron chi connectivity index (χ2n) is 3.27. The van der Waals surface area contributed by atoms with E-state index in [1.807, 2.05) is 0 Å². The van der Waals surface area contributed by atoms with Gasteiger partial charge in [0.05, 0.1) is 13.7 Å². The molecule has 0 radical (unpaired) electrons. The van der Waals surface area contributed by atoms with Crippen LogP contribution in [-0.2, 0) is 11.3 Å². The summed E-state index contributed by atoms with van der Waals surface area (Å²) in [6.45, 7) is 2.27. The number of carbonyl (C=O) groups is 1. The average molecular weight is 211 g/mol. The van der Waals surface area contributed by atoms with E-state index in [0.29, 0.717) is 13.1 Å². The number of methoxy groups -OCH3 is 1. The van der Waals surface area contributed by atoms with Crippen molar-refractivity contribution in [2.75, 3.05) is 13.7 Å². The van der Waals surface area contributed by atoms with Gasteiger partial charge in [0.2, 0.25) is 0 Å². The highest BCUT2D eigenvalue weighted by Gasteiger charge is 2.03. The van der Waals surface area contributed by atoms with Gasteiger partial charge in [0, 0.05) is 6.54 Å². The van der Waals surface area contributed by atoms with Gasteiger partial charge in [-0.2, -0.15) is 0 Å². The van der Waals surface area contributed by atoms with Crippen molar-refractivity contribution in [3.05, 3.63) is 29.6 Å². The molecule has 0 aliphatic carbocycles. The first-order valence-electron chi connectivity index (χ1n) is 4.66. The molecule has 15 heavy (non-hydrogen) atoms. The molecule has 0 aliphatic rings. The predicted molar refractivity (Wildman–Crippen MR) is 55.3 cm³/mol. The number of ketones is 1. The van der Waals surface area contributed by atoms with Crippen LogP contribution >= 0.6 is 0 Å². The molecule has 0 spiro atoms. The van der Waals surface area contributed by atoms with Crippen LogP contribution in [0.15, 0.2) is 18.2 Å². The maximum absolute atomic E-state index is 13.2. The lowest BCUT2D eigenvalue weighted by Gasteiger charge is -2.05. The van der Waals surface area contributed by atoms with Crippen LogP contribution in [0.3, 0.4) is 0 Å². The number of halogens is 1. The van der Waals surface area contributed by atoms with Gasteiger partial charge in [0.25, 0.3) is 0 Å². The Balaban J connectivity index is 2.55. The van der Waals surface area contributed by atoms with Gasteiger partial charge in [-0.25, -0.2) is 4.39 Å². The number of ether oxygens (including phenoxy) is 1. The molecular formula is C11H14FNO2. The summed E-state index contributed by atoms with van der Waals surface area (Å²) < 4.78 is 18.0. The summed E-state index contributed by atoms with van der Waals surface area (Å²) in [4.78, 5) is 10.6. The molecule has 0 saturated carbocycles. The van der Waals surface area contributed by atoms with Crippen molar-refractivity contribution >= 4 is 5.78 Å². The fourth-order valence-corrected chi connectivity index (χ4v) is 1.20. The quantitative estimate of drug-likeness (QED) is 0.802. The Morgan fingerprint density at radius 1 is 1.53 bits per heavy atom. The molecule has 0 aromatic heterocycles. The van der Waals surface area contributed by atoms with E-state index in [1.54, 1.807) is 12.1 Å². The molecule has 0 amide bonds. The van der Waals surface area contributed by atoms with Gasteiger partial charge in [0.1, 0.15) is 5.78 Å². The highest BCUT2D eigenvalue weighted by molar-refractivity contribution is 5.77. The zero-order valence-electron chi connectivity index (χ0n) is 8.84. The fraction of sp³-hybridized carbons (Fsp3) is 0.364. The summed E-state index contributed by atoms with van der Waals surface area (Å²) in [7, 11) is 1.42. The fourth-order valence-electron chi connectivity index (χ4n) is 1.20. The van der Waals surface area contributed by atoms with Crippen molar-refractivity contribution in [1.29, 1.82) is 0 Å². The predicted octanol–water partition coefficient (Wildman–Crippen LogP) is 1.51. The summed E-state index contributed by atoms with van der Waals surface area (Å²) >= 11 is 0. The standard InChI is InChI=1S/C11H14FNO2/c1-8(14)6-13-7-9-3-4-11(15-2)10(12)5-9/h3-5,13H,6-7H2,1-2H3. The van der Waals surface area contributed by atoms with Gasteiger partial charge in [-0.15, -0.1) is 0 Å². The molecule has 0 fully saturated rings. The maximum atomic E-state index is 13.2. The first kappa shape index (κ1) is 11.7. The number of Topliss-reactive ketones (excluding diaryl/α,β-unsaturated/α-hetero) is 1. The van der Waals surface area contributed by atoms with E-state index in [2.05, 4.69) is 5.32 Å². The van der Waals surface area contributed by atoms with Gasteiger partial charge in [-0.05, 0) is 24.6 Å². The maximum Gasteiger partial charge on any atom is 0.165 e. The number of benzene rings is 1. The Morgan fingerprint density at radius 2 is 2.27 bits per heavy atom. The largest absolute Gasteiger partial charge is 0.494 e. The lowest BCUT2D eigenvalue weighted by molar-refractivity contribution is -0.116. The van der Waals surface area contributed by atoms with Crippen molar-refractivity contribution in [2.24, 2.45) is 0 Å². The van der Waals surface area contributed by atoms with Crippen LogP contribution < -0.4 is 10.1 Å². The topological polar surface area (TPSA) is 38.3 Å². The molecule has 82 valence electrons. The van der Waals surface area contributed by atoms with Gasteiger partial charge in [-0.3, -0.25) is 4.79 Å². The zero-order valence-corrected chi connectivity index (χ0v) is 8.84. The van der Waals surface area contributed by atoms with E-state index in [1.165, 1.54) is 20.1 Å². The Hall–Kier alpha value is -1.42. The van der Waals surface area contributed by atoms with E-state index < -0.39 is 0 Å². The molecule has 1 rings (SSSR count). The van der Waals surface area contributed by atoms with Crippen molar-refractivity contribution in [2.45, 2.75) is 13.5 Å². The Morgan fingerprint density at radius 3 is 2.80 bits per heavy atom. The molecule has 0 heterocycles. The number of rotatable bonds is 5. The summed E-state index contributed by atoms with van der Waals surface area (Å²) in [5, 5.41) is 2.91. The normalized spacial score (nSPS) is 10.1. The SMILES string of the molecule is COc1ccc(CNCC(C)=O)cc1F. The number of carbonyl (C=O) groups excluding carboxylic acids is 1. The van der Waals surface area contributed by atoms with Gasteiger partial charge >= 0.3 is 0 Å². The van der Waals surface area contributed by atoms with Crippen LogP contribution in [0.1, 0.15) is 12.5 Å². The molecule has 0 atom stereocenters. The Bertz CT molecular complexity index is 352. The lowest BCUT2D eigenvalue weighted by atomic mass is 10.2. The molecule has 4 heteroatoms. The summed E-state index contributed by atoms with van der Waals surface area (Å²) in [6, 6.07) is 4.72. The minimum Gasteiger partial charge on any atom is -0.494 e. The van der Waals surface area contributed by atoms with Gasteiger partial charge in [-0.1, -0.05) is 6.07 Å². The van der Waals surface area contributed by atoms with E-state index >= 15 is 0 Å². The minimum absolute atomic E-state index is 0.0592. The third kappa shape index (κ3) is 3.67. The Kier molecular flexibility index (Phi) is 4.24. The molecule has 1 N–H and O–H groups in total. The first-order valence-corrected chi connectivity index (χ1v) is 4.66. The van der Waals surface area contributed by atoms with Crippen molar-refractivity contribution in [3.63, 3.8) is 0 Å². The van der Waals surface area contributed by atoms with Gasteiger partial charge in [0.15, 0.2) is 11.6 Å². The smallest absolute Gasteiger partial charge is 0.165 e. The monoisotopic (exact) mass is 211 g/mol. The summed E-state index contributed by atoms with van der Waals surface area (Å²) in [5.41, 5.74) is 0.787. The number of hydrogen-bond donors (Lipinski definition) is 1. The third-order valence-corrected chi connectivity index (χ3v) is 1.92. The average Bonchev–Trinajstić information content (AvgIpc) is 2.17. The van der Waals surface area contributed by atoms with E-state index in [9.17, 15) is 9.18 Å². The van der Waals surface area contributed by atoms with Crippen molar-refractivity contribution in [1.82, 2.24) is 5.32 Å². The zero-order chi connectivity index (χ0) is 11.3. The highest BCUT2D eigenvalue weighted by Crippen LogP contribution is 2.17. The van der Waals surface area contributed by atoms with Crippen LogP contribution in [0.4, 0.5) is 4.39 Å². The van der Waals surface area contributed by atoms with Crippen molar-refractivity contribution < 1.29 is 13.9 Å². The molecule has 0 aliphatic heterocycles. The molecule has 1 aromatic carbocycles. The van der Waals surface area contributed by atoms with Crippen LogP contribution in [-0.4, -0.2) is 19.4 Å². The summed E-state index contributed by atoms with van der Waals surface area (Å²) in [6.07, 6.45) is 0. The minimum atomic E-state index is -0.389. The van der Waals surface area contributed by atoms with Crippen molar-refractivity contribution in [3.8, 4) is 5.75 Å². The Labute approximate surface area is 88.2 Å². The molecule has 0 bridgehead atoms. The van der Waals surface area contributed by atoms with E-state index in [-0.39, 0.29) is 17.3 Å². The highest BCUT2D eigenvalue weighted by atomic mass is 19.1. The van der Waals surface area contributed by atoms with E-state index in [4.69, 9.17) is 4.74 Å².